The summed E-state index contributed by atoms with van der Waals surface area (Å²) in [6, 6.07) is 0. The van der Waals surface area contributed by atoms with Gasteiger partial charge in [-0.15, -0.1) is 0 Å². The predicted octanol–water partition coefficient (Wildman–Crippen LogP) is 13.3. The fourth-order valence-electron chi connectivity index (χ4n) is 7.51. The summed E-state index contributed by atoms with van der Waals surface area (Å²) in [5.74, 6) is -0.0266. The van der Waals surface area contributed by atoms with Gasteiger partial charge in [-0.05, 0) is 78.3 Å². The van der Waals surface area contributed by atoms with Gasteiger partial charge < -0.3 is 24.3 Å². The Kier molecular flexibility index (Phi) is 38.5. The van der Waals surface area contributed by atoms with Crippen molar-refractivity contribution >= 4 is 12.3 Å². The van der Waals surface area contributed by atoms with E-state index in [1.807, 2.05) is 0 Å². The minimum atomic E-state index is -0.353. The first-order chi connectivity index (χ1) is 25.8. The topological polar surface area (TPSA) is 76.1 Å². The molecule has 0 rings (SSSR count). The molecule has 0 aromatic rings. The lowest BCUT2D eigenvalue weighted by Gasteiger charge is -2.25. The Bertz CT molecular complexity index is 758. The van der Waals surface area contributed by atoms with Crippen molar-refractivity contribution in [2.45, 2.75) is 252 Å². The third-order valence-electron chi connectivity index (χ3n) is 11.1. The van der Waals surface area contributed by atoms with Gasteiger partial charge in [-0.2, -0.15) is 0 Å². The molecular formula is C47H93NO5. The Morgan fingerprint density at radius 2 is 1.02 bits per heavy atom. The van der Waals surface area contributed by atoms with Crippen molar-refractivity contribution in [2.24, 2.45) is 5.92 Å². The van der Waals surface area contributed by atoms with Crippen LogP contribution in [0.3, 0.4) is 0 Å². The minimum Gasteiger partial charge on any atom is -0.460 e. The molecule has 0 aliphatic rings. The molecule has 0 aromatic carbocycles. The number of esters is 1. The van der Waals surface area contributed by atoms with Gasteiger partial charge in [0.05, 0.1) is 19.3 Å². The molecule has 1 atom stereocenters. The number of aliphatic hydroxyl groups is 1. The van der Waals surface area contributed by atoms with Gasteiger partial charge in [-0.1, -0.05) is 168 Å². The highest BCUT2D eigenvalue weighted by molar-refractivity contribution is 5.69. The number of hydrogen-bond donors (Lipinski definition) is 1. The van der Waals surface area contributed by atoms with Crippen LogP contribution in [0.2, 0.25) is 0 Å². The van der Waals surface area contributed by atoms with Crippen molar-refractivity contribution < 1.29 is 24.2 Å². The maximum atomic E-state index is 12.4. The molecule has 53 heavy (non-hydrogen) atoms. The average molecular weight is 752 g/mol. The molecule has 0 aromatic heterocycles. The monoisotopic (exact) mass is 752 g/mol. The van der Waals surface area contributed by atoms with Crippen LogP contribution in [0.1, 0.15) is 240 Å². The average Bonchev–Trinajstić information content (AvgIpc) is 3.13. The molecule has 0 saturated carbocycles. The Morgan fingerprint density at radius 3 is 1.51 bits per heavy atom. The number of rotatable bonds is 43. The van der Waals surface area contributed by atoms with Crippen LogP contribution in [0.5, 0.6) is 0 Å². The van der Waals surface area contributed by atoms with Crippen LogP contribution in [0.15, 0.2) is 0 Å². The lowest BCUT2D eigenvalue weighted by molar-refractivity contribution is -0.157. The highest BCUT2D eigenvalue weighted by Crippen LogP contribution is 2.22. The Hall–Kier alpha value is -0.980. The third-order valence-corrected chi connectivity index (χ3v) is 11.1. The second-order valence-electron chi connectivity index (χ2n) is 17.0. The molecule has 6 nitrogen and oxygen atoms in total. The van der Waals surface area contributed by atoms with Crippen molar-refractivity contribution in [3.63, 3.8) is 0 Å². The van der Waals surface area contributed by atoms with E-state index in [1.54, 1.807) is 0 Å². The first kappa shape index (κ1) is 52.0. The summed E-state index contributed by atoms with van der Waals surface area (Å²) in [6.07, 6.45) is 39.4. The maximum absolute atomic E-state index is 12.4. The number of carbonyl (C=O) groups excluding carboxylic acids is 2. The zero-order valence-electron chi connectivity index (χ0n) is 36.4. The predicted molar refractivity (Wildman–Crippen MR) is 228 cm³/mol. The van der Waals surface area contributed by atoms with Crippen molar-refractivity contribution in [1.82, 2.24) is 4.90 Å². The molecule has 0 heterocycles. The van der Waals surface area contributed by atoms with E-state index in [0.29, 0.717) is 19.1 Å². The zero-order valence-corrected chi connectivity index (χ0v) is 36.4. The van der Waals surface area contributed by atoms with E-state index >= 15 is 0 Å². The summed E-state index contributed by atoms with van der Waals surface area (Å²) in [5.41, 5.74) is -0.353. The largest absolute Gasteiger partial charge is 0.460 e. The van der Waals surface area contributed by atoms with Gasteiger partial charge in [0, 0.05) is 18.9 Å². The number of hydrogen-bond acceptors (Lipinski definition) is 6. The Labute approximate surface area is 331 Å². The second kappa shape index (κ2) is 39.3. The molecule has 6 heteroatoms. The summed E-state index contributed by atoms with van der Waals surface area (Å²) in [4.78, 5) is 26.7. The number of carbonyl (C=O) groups is 2. The lowest BCUT2D eigenvalue weighted by Crippen LogP contribution is -2.29. The van der Waals surface area contributed by atoms with Crippen molar-refractivity contribution in [3.05, 3.63) is 0 Å². The molecule has 1 unspecified atom stereocenters. The molecule has 0 saturated heterocycles. The van der Waals surface area contributed by atoms with E-state index in [1.165, 1.54) is 116 Å². The molecule has 0 fully saturated rings. The molecule has 0 radical (unpaired) electrons. The van der Waals surface area contributed by atoms with E-state index < -0.39 is 0 Å². The van der Waals surface area contributed by atoms with Gasteiger partial charge in [-0.3, -0.25) is 4.79 Å². The molecule has 0 aliphatic heterocycles. The van der Waals surface area contributed by atoms with Gasteiger partial charge in [0.15, 0.2) is 0 Å². The van der Waals surface area contributed by atoms with Gasteiger partial charge >= 0.3 is 5.97 Å². The van der Waals surface area contributed by atoms with E-state index in [2.05, 4.69) is 39.5 Å². The summed E-state index contributed by atoms with van der Waals surface area (Å²) in [7, 11) is 0. The molecule has 0 spiro atoms. The first-order valence-electron chi connectivity index (χ1n) is 23.4. The number of nitrogens with zero attached hydrogens (tertiary/aromatic N) is 1. The fraction of sp³-hybridized carbons (Fsp3) is 0.957. The number of aldehydes is 1. The molecule has 1 N–H and O–H groups in total. The van der Waals surface area contributed by atoms with Crippen LogP contribution in [-0.4, -0.2) is 66.8 Å². The Morgan fingerprint density at radius 1 is 0.585 bits per heavy atom. The Balaban J connectivity index is 4.15. The summed E-state index contributed by atoms with van der Waals surface area (Å²) in [6.45, 7) is 14.5. The highest BCUT2D eigenvalue weighted by atomic mass is 16.6. The van der Waals surface area contributed by atoms with Crippen LogP contribution in [0.25, 0.3) is 0 Å². The molecular weight excluding hydrogens is 659 g/mol. The van der Waals surface area contributed by atoms with E-state index in [-0.39, 0.29) is 24.1 Å². The smallest absolute Gasteiger partial charge is 0.306 e. The number of ether oxygens (including phenoxy) is 2. The quantitative estimate of drug-likeness (QED) is 0.0380. The highest BCUT2D eigenvalue weighted by Gasteiger charge is 2.22. The lowest BCUT2D eigenvalue weighted by atomic mass is 9.99. The van der Waals surface area contributed by atoms with Crippen LogP contribution >= 0.6 is 0 Å². The van der Waals surface area contributed by atoms with E-state index in [4.69, 9.17) is 9.47 Å². The zero-order chi connectivity index (χ0) is 39.1. The second-order valence-corrected chi connectivity index (χ2v) is 17.0. The molecule has 0 amide bonds. The fourth-order valence-corrected chi connectivity index (χ4v) is 7.51. The van der Waals surface area contributed by atoms with Gasteiger partial charge in [0.25, 0.3) is 0 Å². The SMILES string of the molecule is CCCCCCCCC(CCCCCCCC)OCC(C=O)CCCCCCN(CCO)CCCCCCCC(=O)OC(C)(C)CCCCCCCC. The molecule has 316 valence electrons. The third kappa shape index (κ3) is 36.4. The maximum Gasteiger partial charge on any atom is 0.306 e. The first-order valence-corrected chi connectivity index (χ1v) is 23.4. The summed E-state index contributed by atoms with van der Waals surface area (Å²) < 4.78 is 12.2. The van der Waals surface area contributed by atoms with Gasteiger partial charge in [-0.25, -0.2) is 0 Å². The van der Waals surface area contributed by atoms with Crippen LogP contribution in [0.4, 0.5) is 0 Å². The number of aliphatic hydroxyl groups excluding tert-OH is 1. The van der Waals surface area contributed by atoms with E-state index in [0.717, 1.165) is 109 Å². The van der Waals surface area contributed by atoms with Crippen LogP contribution < -0.4 is 0 Å². The minimum absolute atomic E-state index is 0.0184. The summed E-state index contributed by atoms with van der Waals surface area (Å²) >= 11 is 0. The van der Waals surface area contributed by atoms with Crippen LogP contribution in [0, 0.1) is 5.92 Å². The molecule has 0 aliphatic carbocycles. The standard InChI is InChI=1S/C47H93NO5/c1-6-9-12-15-19-27-34-45(35-28-20-16-13-10-7-2)52-43-44(42-50)33-26-22-25-32-39-48(40-41-49)38-31-24-18-21-29-36-46(51)53-47(4,5)37-30-23-17-14-11-8-3/h42,44-45,49H,6-41,43H2,1-5H3. The molecule has 0 bridgehead atoms. The van der Waals surface area contributed by atoms with Gasteiger partial charge in [0.2, 0.25) is 0 Å². The van der Waals surface area contributed by atoms with Crippen molar-refractivity contribution in [3.8, 4) is 0 Å². The number of unbranched alkanes of at least 4 members (excludes halogenated alkanes) is 22. The van der Waals surface area contributed by atoms with Gasteiger partial charge in [0.1, 0.15) is 11.9 Å². The van der Waals surface area contributed by atoms with E-state index in [9.17, 15) is 14.7 Å². The summed E-state index contributed by atoms with van der Waals surface area (Å²) in [5, 5.41) is 9.60. The van der Waals surface area contributed by atoms with Crippen molar-refractivity contribution in [1.29, 1.82) is 0 Å². The van der Waals surface area contributed by atoms with Crippen molar-refractivity contribution in [2.75, 3.05) is 32.8 Å². The van der Waals surface area contributed by atoms with Crippen LogP contribution in [-0.2, 0) is 19.1 Å². The normalized spacial score (nSPS) is 12.6.